The van der Waals surface area contributed by atoms with Gasteiger partial charge in [0, 0.05) is 12.1 Å². The van der Waals surface area contributed by atoms with Gasteiger partial charge in [-0.05, 0) is 76.7 Å². The van der Waals surface area contributed by atoms with Crippen LogP contribution < -0.4 is 19.7 Å². The Kier molecular flexibility index (Phi) is 6.71. The number of fused-ring (bicyclic) bond motifs is 4. The van der Waals surface area contributed by atoms with Gasteiger partial charge in [-0.25, -0.2) is 9.69 Å². The third kappa shape index (κ3) is 5.04. The van der Waals surface area contributed by atoms with Crippen molar-refractivity contribution in [3.8, 4) is 22.6 Å². The lowest BCUT2D eigenvalue weighted by atomic mass is 10.0. The molecule has 3 aliphatic rings. The Hall–Kier alpha value is -5.28. The molecule has 4 aromatic rings. The zero-order chi connectivity index (χ0) is 29.5. The smallest absolute Gasteiger partial charge is 0.338 e. The van der Waals surface area contributed by atoms with Gasteiger partial charge in [-0.15, -0.1) is 0 Å². The molecule has 0 aromatic heterocycles. The van der Waals surface area contributed by atoms with Crippen molar-refractivity contribution in [1.82, 2.24) is 5.32 Å². The average molecular weight is 575 g/mol. The summed E-state index contributed by atoms with van der Waals surface area (Å²) in [5.74, 6) is -0.360. The summed E-state index contributed by atoms with van der Waals surface area (Å²) in [6.45, 7) is 0.152. The molecule has 9 heteroatoms. The molecular weight excluding hydrogens is 548 g/mol. The van der Waals surface area contributed by atoms with Crippen LogP contribution in [0.4, 0.5) is 5.69 Å². The number of amides is 2. The molecule has 2 aliphatic heterocycles. The number of ketones is 1. The van der Waals surface area contributed by atoms with Crippen molar-refractivity contribution in [3.63, 3.8) is 0 Å². The number of benzene rings is 4. The van der Waals surface area contributed by atoms with E-state index < -0.39 is 18.6 Å². The first-order valence-corrected chi connectivity index (χ1v) is 13.9. The number of nitrogens with zero attached hydrogens (tertiary/aromatic N) is 1. The predicted octanol–water partition coefficient (Wildman–Crippen LogP) is 4.45. The van der Waals surface area contributed by atoms with Crippen molar-refractivity contribution in [1.29, 1.82) is 0 Å². The van der Waals surface area contributed by atoms with Crippen molar-refractivity contribution < 1.29 is 33.4 Å². The van der Waals surface area contributed by atoms with E-state index >= 15 is 0 Å². The zero-order valence-corrected chi connectivity index (χ0v) is 23.0. The van der Waals surface area contributed by atoms with Gasteiger partial charge >= 0.3 is 5.97 Å². The fourth-order valence-corrected chi connectivity index (χ4v) is 5.72. The Morgan fingerprint density at radius 1 is 0.837 bits per heavy atom. The van der Waals surface area contributed by atoms with Crippen molar-refractivity contribution in [2.24, 2.45) is 0 Å². The van der Waals surface area contributed by atoms with Crippen LogP contribution in [0.2, 0.25) is 0 Å². The van der Waals surface area contributed by atoms with Crippen LogP contribution in [0, 0.1) is 0 Å². The molecule has 0 spiro atoms. The number of anilines is 1. The fraction of sp³-hybridized carbons (Fsp3) is 0.176. The molecule has 1 unspecified atom stereocenters. The molecule has 0 bridgehead atoms. The van der Waals surface area contributed by atoms with Gasteiger partial charge in [-0.3, -0.25) is 14.4 Å². The van der Waals surface area contributed by atoms with Gasteiger partial charge in [0.25, 0.3) is 5.91 Å². The second kappa shape index (κ2) is 10.8. The van der Waals surface area contributed by atoms with Crippen LogP contribution >= 0.6 is 0 Å². The molecule has 214 valence electrons. The van der Waals surface area contributed by atoms with Crippen molar-refractivity contribution in [2.45, 2.75) is 25.4 Å². The minimum Gasteiger partial charge on any atom is -0.454 e. The van der Waals surface area contributed by atoms with Crippen LogP contribution in [0.15, 0.2) is 84.9 Å². The summed E-state index contributed by atoms with van der Waals surface area (Å²) >= 11 is 0. The van der Waals surface area contributed by atoms with E-state index in [-0.39, 0.29) is 36.4 Å². The van der Waals surface area contributed by atoms with Crippen LogP contribution in [0.25, 0.3) is 11.1 Å². The number of Topliss-reactive ketones (excluding diaryl/α,β-unsaturated/α-hetero) is 1. The van der Waals surface area contributed by atoms with Crippen LogP contribution in [-0.2, 0) is 27.3 Å². The van der Waals surface area contributed by atoms with E-state index in [0.717, 1.165) is 28.0 Å². The largest absolute Gasteiger partial charge is 0.454 e. The van der Waals surface area contributed by atoms with Gasteiger partial charge in [0.15, 0.2) is 23.9 Å². The van der Waals surface area contributed by atoms with Gasteiger partial charge in [0.2, 0.25) is 12.7 Å². The fourth-order valence-electron chi connectivity index (χ4n) is 5.72. The number of carbonyl (C=O) groups is 4. The summed E-state index contributed by atoms with van der Waals surface area (Å²) in [5.41, 5.74) is 6.54. The van der Waals surface area contributed by atoms with E-state index in [1.165, 1.54) is 35.4 Å². The number of ether oxygens (including phenoxy) is 3. The second-order valence-electron chi connectivity index (χ2n) is 10.6. The Labute approximate surface area is 247 Å². The number of esters is 1. The lowest BCUT2D eigenvalue weighted by molar-refractivity contribution is -0.121. The summed E-state index contributed by atoms with van der Waals surface area (Å²) in [4.78, 5) is 52.4. The van der Waals surface area contributed by atoms with E-state index in [9.17, 15) is 19.2 Å². The van der Waals surface area contributed by atoms with Crippen LogP contribution in [-0.4, -0.2) is 43.0 Å². The Morgan fingerprint density at radius 2 is 1.60 bits per heavy atom. The highest BCUT2D eigenvalue weighted by Gasteiger charge is 2.39. The average Bonchev–Trinajstić information content (AvgIpc) is 3.73. The molecule has 4 aromatic carbocycles. The molecule has 2 heterocycles. The summed E-state index contributed by atoms with van der Waals surface area (Å²) < 4.78 is 16.0. The van der Waals surface area contributed by atoms with Gasteiger partial charge in [0.05, 0.1) is 23.7 Å². The molecule has 1 N–H and O–H groups in total. The molecule has 1 aliphatic carbocycles. The molecule has 43 heavy (non-hydrogen) atoms. The maximum Gasteiger partial charge on any atom is 0.338 e. The molecule has 9 nitrogen and oxygen atoms in total. The topological polar surface area (TPSA) is 111 Å². The second-order valence-corrected chi connectivity index (χ2v) is 10.6. The summed E-state index contributed by atoms with van der Waals surface area (Å²) in [7, 11) is 0. The van der Waals surface area contributed by atoms with Gasteiger partial charge in [-0.1, -0.05) is 42.5 Å². The van der Waals surface area contributed by atoms with Crippen LogP contribution in [0.5, 0.6) is 11.5 Å². The van der Waals surface area contributed by atoms with Gasteiger partial charge < -0.3 is 19.5 Å². The van der Waals surface area contributed by atoms with Gasteiger partial charge in [-0.2, -0.15) is 0 Å². The van der Waals surface area contributed by atoms with Crippen LogP contribution in [0.3, 0.4) is 0 Å². The van der Waals surface area contributed by atoms with Gasteiger partial charge in [0.1, 0.15) is 0 Å². The SMILES string of the molecule is O=C(COC(=O)c1ccc(N2C(=O)CC(NCc3ccc4c(c3)OCO4)C2=O)cc1)c1ccc2c(c1)Cc1ccccc1-2. The highest BCUT2D eigenvalue weighted by atomic mass is 16.7. The zero-order valence-electron chi connectivity index (χ0n) is 23.0. The van der Waals surface area contributed by atoms with Crippen molar-refractivity contribution >= 4 is 29.3 Å². The highest BCUT2D eigenvalue weighted by molar-refractivity contribution is 6.22. The van der Waals surface area contributed by atoms with Crippen molar-refractivity contribution in [2.75, 3.05) is 18.3 Å². The molecule has 1 saturated heterocycles. The molecule has 1 fully saturated rings. The Morgan fingerprint density at radius 3 is 2.47 bits per heavy atom. The van der Waals surface area contributed by atoms with E-state index in [0.29, 0.717) is 29.3 Å². The Balaban J connectivity index is 0.943. The lowest BCUT2D eigenvalue weighted by Crippen LogP contribution is -2.38. The molecule has 0 radical (unpaired) electrons. The first-order valence-electron chi connectivity index (χ1n) is 13.9. The predicted molar refractivity (Wildman–Crippen MR) is 156 cm³/mol. The number of hydrogen-bond donors (Lipinski definition) is 1. The van der Waals surface area contributed by atoms with E-state index in [2.05, 4.69) is 17.4 Å². The first kappa shape index (κ1) is 26.6. The quantitative estimate of drug-likeness (QED) is 0.164. The molecule has 1 atom stereocenters. The summed E-state index contributed by atoms with van der Waals surface area (Å²) in [5, 5.41) is 3.14. The summed E-state index contributed by atoms with van der Waals surface area (Å²) in [6, 6.07) is 24.5. The number of hydrogen-bond acceptors (Lipinski definition) is 8. The van der Waals surface area contributed by atoms with Crippen molar-refractivity contribution in [3.05, 3.63) is 113 Å². The third-order valence-corrected chi connectivity index (χ3v) is 7.95. The highest BCUT2D eigenvalue weighted by Crippen LogP contribution is 2.37. The minimum atomic E-state index is -0.679. The maximum absolute atomic E-state index is 13.1. The number of carbonyl (C=O) groups excluding carboxylic acids is 4. The third-order valence-electron chi connectivity index (χ3n) is 7.95. The standard InChI is InChI=1S/C34H26N2O7/c37-29(23-8-11-27-24(15-23)14-22-3-1-2-4-26(22)27)18-41-34(40)21-6-9-25(10-7-21)36-32(38)16-28(33(36)39)35-17-20-5-12-30-31(13-20)43-19-42-30/h1-13,15,28,35H,14,16-19H2. The van der Waals surface area contributed by atoms with Crippen LogP contribution in [0.1, 0.15) is 43.8 Å². The number of rotatable bonds is 8. The molecule has 7 rings (SSSR count). The van der Waals surface area contributed by atoms with E-state index in [1.54, 1.807) is 6.07 Å². The molecule has 2 amide bonds. The normalized spacial score (nSPS) is 16.3. The first-order chi connectivity index (χ1) is 20.9. The van der Waals surface area contributed by atoms with E-state index in [4.69, 9.17) is 14.2 Å². The minimum absolute atomic E-state index is 0.0179. The molecular formula is C34H26N2O7. The number of imide groups is 1. The lowest BCUT2D eigenvalue weighted by Gasteiger charge is -2.16. The monoisotopic (exact) mass is 574 g/mol. The summed E-state index contributed by atoms with van der Waals surface area (Å²) in [6.07, 6.45) is 0.779. The maximum atomic E-state index is 13.1. The number of nitrogens with one attached hydrogen (secondary N) is 1. The Bertz CT molecular complexity index is 1800. The van der Waals surface area contributed by atoms with E-state index in [1.807, 2.05) is 42.5 Å². The molecule has 0 saturated carbocycles.